The molecule has 7 nitrogen and oxygen atoms in total. The Morgan fingerprint density at radius 2 is 1.92 bits per heavy atom. The number of aromatic amines is 1. The van der Waals surface area contributed by atoms with Crippen LogP contribution in [0.2, 0.25) is 0 Å². The summed E-state index contributed by atoms with van der Waals surface area (Å²) in [7, 11) is 0. The second kappa shape index (κ2) is 11.3. The number of aryl methyl sites for hydroxylation is 1. The van der Waals surface area contributed by atoms with Gasteiger partial charge in [-0.2, -0.15) is 0 Å². The van der Waals surface area contributed by atoms with Crippen molar-refractivity contribution in [2.24, 2.45) is 5.92 Å². The van der Waals surface area contributed by atoms with Crippen LogP contribution in [0, 0.1) is 5.92 Å². The molecule has 4 N–H and O–H groups in total. The molecule has 7 heteroatoms. The number of hydroxylamine groups is 1. The normalized spacial score (nSPS) is 18.7. The average molecular weight is 502 g/mol. The van der Waals surface area contributed by atoms with Crippen LogP contribution in [-0.4, -0.2) is 44.7 Å². The number of aliphatic hydroxyl groups is 1. The van der Waals surface area contributed by atoms with Crippen LogP contribution in [0.4, 0.5) is 0 Å². The molecule has 2 atom stereocenters. The summed E-state index contributed by atoms with van der Waals surface area (Å²) in [4.78, 5) is 30.8. The number of hydrogen-bond donors (Lipinski definition) is 4. The monoisotopic (exact) mass is 501 g/mol. The predicted octanol–water partition coefficient (Wildman–Crippen LogP) is 4.69. The van der Waals surface area contributed by atoms with E-state index in [0.717, 1.165) is 71.7 Å². The highest BCUT2D eigenvalue weighted by Gasteiger charge is 2.38. The summed E-state index contributed by atoms with van der Waals surface area (Å²) in [6.45, 7) is -0.0963. The van der Waals surface area contributed by atoms with Crippen molar-refractivity contribution >= 4 is 28.8 Å². The van der Waals surface area contributed by atoms with Gasteiger partial charge in [-0.05, 0) is 66.5 Å². The Labute approximate surface area is 217 Å². The van der Waals surface area contributed by atoms with E-state index < -0.39 is 5.91 Å². The van der Waals surface area contributed by atoms with Crippen molar-refractivity contribution < 1.29 is 19.9 Å². The number of amides is 2. The van der Waals surface area contributed by atoms with E-state index in [1.54, 1.807) is 11.6 Å². The van der Waals surface area contributed by atoms with Crippen molar-refractivity contribution in [3.8, 4) is 0 Å². The summed E-state index contributed by atoms with van der Waals surface area (Å²) in [5.41, 5.74) is 6.91. The zero-order chi connectivity index (χ0) is 25.8. The van der Waals surface area contributed by atoms with Crippen molar-refractivity contribution in [1.82, 2.24) is 15.4 Å². The zero-order valence-corrected chi connectivity index (χ0v) is 21.0. The highest BCUT2D eigenvalue weighted by Crippen LogP contribution is 2.40. The molecule has 0 unspecified atom stereocenters. The predicted molar refractivity (Wildman–Crippen MR) is 143 cm³/mol. The first kappa shape index (κ1) is 25.2. The molecule has 3 aromatic rings. The van der Waals surface area contributed by atoms with Crippen LogP contribution in [0.5, 0.6) is 0 Å². The van der Waals surface area contributed by atoms with E-state index in [1.807, 2.05) is 47.5 Å². The number of fused-ring (bicyclic) bond motifs is 2. The summed E-state index contributed by atoms with van der Waals surface area (Å²) in [6, 6.07) is 13.8. The molecule has 2 aliphatic carbocycles. The van der Waals surface area contributed by atoms with E-state index in [1.165, 1.54) is 12.5 Å². The van der Waals surface area contributed by atoms with Crippen molar-refractivity contribution in [3.05, 3.63) is 77.0 Å². The number of hydrogen-bond acceptors (Lipinski definition) is 4. The first-order valence-electron chi connectivity index (χ1n) is 13.3. The Kier molecular flexibility index (Phi) is 7.72. The Morgan fingerprint density at radius 3 is 2.70 bits per heavy atom. The average Bonchev–Trinajstić information content (AvgIpc) is 3.55. The van der Waals surface area contributed by atoms with E-state index in [2.05, 4.69) is 11.1 Å². The van der Waals surface area contributed by atoms with E-state index in [4.69, 9.17) is 5.21 Å². The van der Waals surface area contributed by atoms with Crippen molar-refractivity contribution in [2.45, 2.75) is 63.5 Å². The van der Waals surface area contributed by atoms with E-state index in [9.17, 15) is 14.7 Å². The number of para-hydroxylation sites is 1. The topological polar surface area (TPSA) is 106 Å². The molecule has 2 amide bonds. The number of H-pyrrole nitrogens is 1. The van der Waals surface area contributed by atoms with Gasteiger partial charge in [0.1, 0.15) is 0 Å². The largest absolute Gasteiger partial charge is 0.394 e. The van der Waals surface area contributed by atoms with Gasteiger partial charge in [0.2, 0.25) is 5.91 Å². The number of aliphatic hydroxyl groups excluding tert-OH is 1. The molecule has 0 bridgehead atoms. The molecule has 194 valence electrons. The van der Waals surface area contributed by atoms with Crippen molar-refractivity contribution in [2.75, 3.05) is 6.61 Å². The van der Waals surface area contributed by atoms with Crippen LogP contribution < -0.4 is 5.48 Å². The Balaban J connectivity index is 1.47. The molecular formula is C30H35N3O4. The fourth-order valence-electron chi connectivity index (χ4n) is 6.17. The van der Waals surface area contributed by atoms with E-state index in [0.29, 0.717) is 6.42 Å². The molecular weight excluding hydrogens is 466 g/mol. The van der Waals surface area contributed by atoms with Crippen LogP contribution in [0.3, 0.4) is 0 Å². The van der Waals surface area contributed by atoms with E-state index in [-0.39, 0.29) is 30.5 Å². The minimum Gasteiger partial charge on any atom is -0.394 e. The van der Waals surface area contributed by atoms with Crippen LogP contribution in [0.25, 0.3) is 17.0 Å². The first-order valence-corrected chi connectivity index (χ1v) is 13.3. The Morgan fingerprint density at radius 1 is 1.11 bits per heavy atom. The van der Waals surface area contributed by atoms with Crippen LogP contribution in [0.15, 0.2) is 54.7 Å². The number of rotatable bonds is 8. The molecule has 1 aromatic heterocycles. The first-order chi connectivity index (χ1) is 18.1. The van der Waals surface area contributed by atoms with Gasteiger partial charge < -0.3 is 15.0 Å². The molecule has 1 fully saturated rings. The summed E-state index contributed by atoms with van der Waals surface area (Å²) in [5.74, 6) is -0.403. The highest BCUT2D eigenvalue weighted by molar-refractivity contribution is 5.90. The zero-order valence-electron chi connectivity index (χ0n) is 21.0. The molecule has 2 aromatic carbocycles. The minimum atomic E-state index is -0.578. The van der Waals surface area contributed by atoms with Crippen molar-refractivity contribution in [3.63, 3.8) is 0 Å². The molecule has 0 spiro atoms. The molecule has 0 saturated heterocycles. The fraction of sp³-hybridized carbons (Fsp3) is 0.400. The molecule has 1 saturated carbocycles. The molecule has 1 heterocycles. The molecule has 0 aliphatic heterocycles. The van der Waals surface area contributed by atoms with E-state index >= 15 is 0 Å². The molecule has 0 radical (unpaired) electrons. The summed E-state index contributed by atoms with van der Waals surface area (Å²) in [6.07, 6.45) is 12.3. The van der Waals surface area contributed by atoms with Gasteiger partial charge in [0.05, 0.1) is 18.7 Å². The highest BCUT2D eigenvalue weighted by atomic mass is 16.5. The molecule has 2 aliphatic rings. The van der Waals surface area contributed by atoms with Gasteiger partial charge in [0.25, 0.3) is 5.91 Å². The Hall–Kier alpha value is -3.42. The third-order valence-corrected chi connectivity index (χ3v) is 8.03. The summed E-state index contributed by atoms with van der Waals surface area (Å²) >= 11 is 0. The second-order valence-electron chi connectivity index (χ2n) is 10.3. The smallest absolute Gasteiger partial charge is 0.267 e. The maximum Gasteiger partial charge on any atom is 0.267 e. The quantitative estimate of drug-likeness (QED) is 0.204. The van der Waals surface area contributed by atoms with Gasteiger partial charge in [-0.15, -0.1) is 0 Å². The number of carbonyl (C=O) groups is 2. The number of benzene rings is 2. The van der Waals surface area contributed by atoms with Gasteiger partial charge in [-0.25, -0.2) is 5.48 Å². The third kappa shape index (κ3) is 5.33. The number of nitrogens with zero attached hydrogens (tertiary/aromatic N) is 1. The maximum atomic E-state index is 14.1. The second-order valence-corrected chi connectivity index (χ2v) is 10.3. The van der Waals surface area contributed by atoms with Crippen molar-refractivity contribution in [1.29, 1.82) is 0 Å². The maximum absolute atomic E-state index is 14.1. The fourth-order valence-corrected chi connectivity index (χ4v) is 6.17. The van der Waals surface area contributed by atoms with Gasteiger partial charge in [0, 0.05) is 29.1 Å². The van der Waals surface area contributed by atoms with Gasteiger partial charge in [0.15, 0.2) is 0 Å². The Bertz CT molecular complexity index is 1290. The van der Waals surface area contributed by atoms with Gasteiger partial charge >= 0.3 is 0 Å². The number of aromatic nitrogens is 1. The summed E-state index contributed by atoms with van der Waals surface area (Å²) < 4.78 is 0. The van der Waals surface area contributed by atoms with Crippen LogP contribution >= 0.6 is 0 Å². The standard InChI is InChI=1S/C30H35N3O4/c34-19-24(17-23-18-31-27-9-5-4-8-25(23)27)33(30(36)21-6-2-1-3-7-21)28-14-12-22-16-20(10-13-26(22)28)11-15-29(35)32-37/h4-5,8-11,13,15-16,18,21,24,28,31,34,37H,1-3,6-7,12,14,17,19H2,(H,32,35)/b15-11+/t24-,28+/m0/s1. The third-order valence-electron chi connectivity index (χ3n) is 8.03. The van der Waals surface area contributed by atoms with Gasteiger partial charge in [-0.1, -0.05) is 55.7 Å². The minimum absolute atomic E-state index is 0.00835. The number of nitrogens with one attached hydrogen (secondary N) is 2. The lowest BCUT2D eigenvalue weighted by Crippen LogP contribution is -2.48. The van der Waals surface area contributed by atoms with Crippen LogP contribution in [0.1, 0.15) is 66.8 Å². The van der Waals surface area contributed by atoms with Crippen LogP contribution in [-0.2, 0) is 22.4 Å². The SMILES string of the molecule is O=C(/C=C/c1ccc2c(c1)CC[C@H]2N(C(=O)C1CCCCC1)[C@H](CO)Cc1c[nH]c2ccccc12)NO. The molecule has 37 heavy (non-hydrogen) atoms. The lowest BCUT2D eigenvalue weighted by molar-refractivity contribution is -0.143. The molecule has 5 rings (SSSR count). The lowest BCUT2D eigenvalue weighted by Gasteiger charge is -2.39. The summed E-state index contributed by atoms with van der Waals surface area (Å²) in [5, 5.41) is 20.5. The van der Waals surface area contributed by atoms with Gasteiger partial charge in [-0.3, -0.25) is 14.8 Å². The number of carbonyl (C=O) groups excluding carboxylic acids is 2. The lowest BCUT2D eigenvalue weighted by atomic mass is 9.86.